The first kappa shape index (κ1) is 16.3. The van der Waals surface area contributed by atoms with Crippen molar-refractivity contribution in [3.63, 3.8) is 0 Å². The summed E-state index contributed by atoms with van der Waals surface area (Å²) in [5.74, 6) is -0.0808. The average Bonchev–Trinajstić information content (AvgIpc) is 2.94. The second-order valence-electron chi connectivity index (χ2n) is 5.77. The molecule has 1 fully saturated rings. The highest BCUT2D eigenvalue weighted by molar-refractivity contribution is 8.14. The molecule has 0 spiro atoms. The Kier molecular flexibility index (Phi) is 4.68. The van der Waals surface area contributed by atoms with Crippen LogP contribution in [-0.2, 0) is 0 Å². The normalized spacial score (nSPS) is 18.6. The van der Waals surface area contributed by atoms with Crippen molar-refractivity contribution in [2.75, 3.05) is 6.54 Å². The zero-order valence-electron chi connectivity index (χ0n) is 13.6. The lowest BCUT2D eigenvalue weighted by molar-refractivity contribution is 0.0855. The van der Waals surface area contributed by atoms with Gasteiger partial charge in [-0.3, -0.25) is 9.69 Å². The van der Waals surface area contributed by atoms with Gasteiger partial charge in [0.25, 0.3) is 5.91 Å². The number of carbonyl (C=O) groups is 1. The van der Waals surface area contributed by atoms with Gasteiger partial charge in [-0.05, 0) is 48.9 Å². The van der Waals surface area contributed by atoms with E-state index < -0.39 is 0 Å². The molecule has 0 unspecified atom stereocenters. The number of nitrogens with zero attached hydrogens (tertiary/aromatic N) is 3. The molecule has 0 bridgehead atoms. The molecular formula is C19H17N3OS. The Morgan fingerprint density at radius 3 is 2.71 bits per heavy atom. The lowest BCUT2D eigenvalue weighted by Crippen LogP contribution is -2.32. The van der Waals surface area contributed by atoms with E-state index >= 15 is 0 Å². The molecule has 3 rings (SSSR count). The van der Waals surface area contributed by atoms with Gasteiger partial charge in [0.05, 0.1) is 17.3 Å². The van der Waals surface area contributed by atoms with Crippen LogP contribution in [0.5, 0.6) is 0 Å². The number of nitriles is 1. The van der Waals surface area contributed by atoms with E-state index in [-0.39, 0.29) is 5.91 Å². The molecule has 1 amide bonds. The maximum Gasteiger partial charge on any atom is 0.259 e. The van der Waals surface area contributed by atoms with Gasteiger partial charge in [0, 0.05) is 17.4 Å². The molecule has 2 aromatic carbocycles. The van der Waals surface area contributed by atoms with Gasteiger partial charge in [0.2, 0.25) is 0 Å². The fourth-order valence-corrected chi connectivity index (χ4v) is 3.55. The number of thioether (sulfide) groups is 1. The van der Waals surface area contributed by atoms with E-state index in [9.17, 15) is 4.79 Å². The molecule has 0 N–H and O–H groups in total. The molecule has 5 heteroatoms. The van der Waals surface area contributed by atoms with Gasteiger partial charge in [-0.2, -0.15) is 5.26 Å². The zero-order valence-corrected chi connectivity index (χ0v) is 14.4. The molecule has 120 valence electrons. The van der Waals surface area contributed by atoms with Crippen molar-refractivity contribution < 1.29 is 4.79 Å². The Hall–Kier alpha value is -2.58. The van der Waals surface area contributed by atoms with Crippen LogP contribution in [0, 0.1) is 18.3 Å². The first-order valence-electron chi connectivity index (χ1n) is 7.71. The van der Waals surface area contributed by atoms with Gasteiger partial charge >= 0.3 is 0 Å². The standard InChI is InChI=1S/C19H17N3OS/c1-13-4-3-5-17(10-13)21-19-22(12-14(2)24-19)18(23)16-8-6-15(11-20)7-9-16/h3-10,14H,12H2,1-2H3/t14-/m1/s1. The van der Waals surface area contributed by atoms with Crippen LogP contribution >= 0.6 is 11.8 Å². The third-order valence-corrected chi connectivity index (χ3v) is 4.78. The van der Waals surface area contributed by atoms with Crippen LogP contribution in [0.2, 0.25) is 0 Å². The van der Waals surface area contributed by atoms with Crippen LogP contribution in [0.4, 0.5) is 5.69 Å². The van der Waals surface area contributed by atoms with E-state index in [0.29, 0.717) is 22.9 Å². The summed E-state index contributed by atoms with van der Waals surface area (Å²) < 4.78 is 0. The molecule has 0 radical (unpaired) electrons. The second kappa shape index (κ2) is 6.90. The van der Waals surface area contributed by atoms with Crippen molar-refractivity contribution in [2.24, 2.45) is 4.99 Å². The molecule has 0 aliphatic carbocycles. The summed E-state index contributed by atoms with van der Waals surface area (Å²) in [6.45, 7) is 4.74. The minimum Gasteiger partial charge on any atom is -0.286 e. The number of aliphatic imine (C=N–C) groups is 1. The van der Waals surface area contributed by atoms with Gasteiger partial charge < -0.3 is 0 Å². The third-order valence-electron chi connectivity index (χ3n) is 3.71. The smallest absolute Gasteiger partial charge is 0.259 e. The summed E-state index contributed by atoms with van der Waals surface area (Å²) >= 11 is 1.61. The van der Waals surface area contributed by atoms with E-state index in [1.54, 1.807) is 40.9 Å². The lowest BCUT2D eigenvalue weighted by atomic mass is 10.1. The van der Waals surface area contributed by atoms with Crippen LogP contribution in [0.3, 0.4) is 0 Å². The SMILES string of the molecule is Cc1cccc(N=C2S[C@H](C)CN2C(=O)c2ccc(C#N)cc2)c1. The van der Waals surface area contributed by atoms with E-state index in [1.807, 2.05) is 31.2 Å². The van der Waals surface area contributed by atoms with Gasteiger partial charge in [-0.15, -0.1) is 0 Å². The molecule has 1 aliphatic heterocycles. The molecule has 0 saturated carbocycles. The zero-order chi connectivity index (χ0) is 17.1. The number of amides is 1. The van der Waals surface area contributed by atoms with Crippen LogP contribution in [0.15, 0.2) is 53.5 Å². The Balaban J connectivity index is 1.89. The average molecular weight is 335 g/mol. The van der Waals surface area contributed by atoms with E-state index in [1.165, 1.54) is 0 Å². The molecule has 2 aromatic rings. The lowest BCUT2D eigenvalue weighted by Gasteiger charge is -2.16. The number of hydrogen-bond acceptors (Lipinski definition) is 4. The van der Waals surface area contributed by atoms with Crippen LogP contribution in [-0.4, -0.2) is 27.8 Å². The van der Waals surface area contributed by atoms with Gasteiger partial charge in [0.1, 0.15) is 0 Å². The predicted octanol–water partition coefficient (Wildman–Crippen LogP) is 4.13. The molecule has 24 heavy (non-hydrogen) atoms. The quantitative estimate of drug-likeness (QED) is 0.829. The number of rotatable bonds is 2. The molecule has 1 atom stereocenters. The highest BCUT2D eigenvalue weighted by Gasteiger charge is 2.31. The van der Waals surface area contributed by atoms with Crippen LogP contribution in [0.1, 0.15) is 28.4 Å². The number of benzene rings is 2. The van der Waals surface area contributed by atoms with Crippen LogP contribution < -0.4 is 0 Å². The van der Waals surface area contributed by atoms with Crippen molar-refractivity contribution in [2.45, 2.75) is 19.1 Å². The summed E-state index contributed by atoms with van der Waals surface area (Å²) in [6.07, 6.45) is 0. The van der Waals surface area contributed by atoms with Crippen molar-refractivity contribution in [1.29, 1.82) is 5.26 Å². The summed E-state index contributed by atoms with van der Waals surface area (Å²) in [7, 11) is 0. The fraction of sp³-hybridized carbons (Fsp3) is 0.211. The van der Waals surface area contributed by atoms with E-state index in [0.717, 1.165) is 16.4 Å². The monoisotopic (exact) mass is 335 g/mol. The molecule has 1 heterocycles. The minimum atomic E-state index is -0.0808. The Morgan fingerprint density at radius 1 is 1.29 bits per heavy atom. The minimum absolute atomic E-state index is 0.0808. The number of hydrogen-bond donors (Lipinski definition) is 0. The maximum atomic E-state index is 12.8. The van der Waals surface area contributed by atoms with E-state index in [2.05, 4.69) is 18.0 Å². The van der Waals surface area contributed by atoms with E-state index in [4.69, 9.17) is 5.26 Å². The van der Waals surface area contributed by atoms with Crippen LogP contribution in [0.25, 0.3) is 0 Å². The fourth-order valence-electron chi connectivity index (χ4n) is 2.52. The second-order valence-corrected chi connectivity index (χ2v) is 7.17. The first-order valence-corrected chi connectivity index (χ1v) is 8.59. The van der Waals surface area contributed by atoms with Crippen molar-refractivity contribution in [3.05, 3.63) is 65.2 Å². The van der Waals surface area contributed by atoms with Gasteiger partial charge in [-0.1, -0.05) is 30.8 Å². The Bertz CT molecular complexity index is 836. The number of aryl methyl sites for hydroxylation is 1. The van der Waals surface area contributed by atoms with Crippen molar-refractivity contribution >= 4 is 28.5 Å². The predicted molar refractivity (Wildman–Crippen MR) is 97.5 cm³/mol. The van der Waals surface area contributed by atoms with Crippen molar-refractivity contribution in [1.82, 2.24) is 4.90 Å². The summed E-state index contributed by atoms with van der Waals surface area (Å²) in [5, 5.41) is 9.90. The van der Waals surface area contributed by atoms with Gasteiger partial charge in [0.15, 0.2) is 5.17 Å². The van der Waals surface area contributed by atoms with Crippen molar-refractivity contribution in [3.8, 4) is 6.07 Å². The Morgan fingerprint density at radius 2 is 2.04 bits per heavy atom. The molecular weight excluding hydrogens is 318 g/mol. The summed E-state index contributed by atoms with van der Waals surface area (Å²) in [5.41, 5.74) is 3.10. The maximum absolute atomic E-state index is 12.8. The first-order chi connectivity index (χ1) is 11.6. The molecule has 1 aliphatic rings. The Labute approximate surface area is 145 Å². The number of carbonyl (C=O) groups excluding carboxylic acids is 1. The highest BCUT2D eigenvalue weighted by Crippen LogP contribution is 2.29. The number of amidine groups is 1. The third kappa shape index (κ3) is 3.50. The summed E-state index contributed by atoms with van der Waals surface area (Å²) in [4.78, 5) is 19.2. The summed E-state index contributed by atoms with van der Waals surface area (Å²) in [6, 6.07) is 16.7. The largest absolute Gasteiger partial charge is 0.286 e. The molecule has 0 aromatic heterocycles. The van der Waals surface area contributed by atoms with Gasteiger partial charge in [-0.25, -0.2) is 4.99 Å². The topological polar surface area (TPSA) is 56.5 Å². The highest BCUT2D eigenvalue weighted by atomic mass is 32.2. The molecule has 1 saturated heterocycles. The molecule has 4 nitrogen and oxygen atoms in total.